The van der Waals surface area contributed by atoms with Crippen molar-refractivity contribution >= 4 is 31.5 Å². The molecule has 8 aromatic carbocycles. The Kier molecular flexibility index (Phi) is 6.72. The van der Waals surface area contributed by atoms with E-state index in [9.17, 15) is 0 Å². The zero-order valence-corrected chi connectivity index (χ0v) is 31.0. The van der Waals surface area contributed by atoms with Crippen molar-refractivity contribution in [2.45, 2.75) is 5.41 Å². The molecule has 2 aromatic heterocycles. The molecule has 0 N–H and O–H groups in total. The number of thiophene rings is 1. The fourth-order valence-electron chi connectivity index (χ4n) is 9.41. The van der Waals surface area contributed by atoms with Crippen LogP contribution in [0.25, 0.3) is 87.7 Å². The average molecular weight is 730 g/mol. The zero-order chi connectivity index (χ0) is 36.8. The maximum absolute atomic E-state index is 5.04. The van der Waals surface area contributed by atoms with Crippen molar-refractivity contribution in [3.63, 3.8) is 0 Å². The summed E-state index contributed by atoms with van der Waals surface area (Å²) in [5.74, 6) is 1.99. The highest BCUT2D eigenvalue weighted by atomic mass is 32.1. The van der Waals surface area contributed by atoms with Gasteiger partial charge in [0.25, 0.3) is 0 Å². The summed E-state index contributed by atoms with van der Waals surface area (Å²) in [6.07, 6.45) is 0. The van der Waals surface area contributed by atoms with E-state index in [0.29, 0.717) is 17.5 Å². The van der Waals surface area contributed by atoms with Gasteiger partial charge in [-0.25, -0.2) is 15.0 Å². The first-order valence-corrected chi connectivity index (χ1v) is 19.8. The van der Waals surface area contributed by atoms with Gasteiger partial charge in [-0.3, -0.25) is 0 Å². The summed E-state index contributed by atoms with van der Waals surface area (Å²) in [5.41, 5.74) is 15.7. The lowest BCUT2D eigenvalue weighted by molar-refractivity contribution is 0.794. The van der Waals surface area contributed by atoms with Crippen LogP contribution in [0.5, 0.6) is 0 Å². The first-order valence-electron chi connectivity index (χ1n) is 19.0. The number of hydrogen-bond acceptors (Lipinski definition) is 4. The molecule has 0 atom stereocenters. The van der Waals surface area contributed by atoms with Crippen molar-refractivity contribution in [3.05, 3.63) is 210 Å². The molecule has 12 rings (SSSR count). The van der Waals surface area contributed by atoms with E-state index in [-0.39, 0.29) is 5.41 Å². The molecule has 56 heavy (non-hydrogen) atoms. The Hall–Kier alpha value is -7.01. The molecule has 2 heterocycles. The number of aromatic nitrogens is 3. The van der Waals surface area contributed by atoms with E-state index in [4.69, 9.17) is 15.0 Å². The van der Waals surface area contributed by atoms with Crippen LogP contribution in [0.1, 0.15) is 22.3 Å². The minimum absolute atomic E-state index is 0.370. The summed E-state index contributed by atoms with van der Waals surface area (Å²) in [7, 11) is 0. The lowest BCUT2D eigenvalue weighted by atomic mass is 9.70. The summed E-state index contributed by atoms with van der Waals surface area (Å²) in [4.78, 5) is 15.0. The van der Waals surface area contributed by atoms with E-state index >= 15 is 0 Å². The molecule has 260 valence electrons. The van der Waals surface area contributed by atoms with Crippen LogP contribution in [0.15, 0.2) is 188 Å². The Bertz CT molecular complexity index is 3100. The number of hydrogen-bond donors (Lipinski definition) is 0. The van der Waals surface area contributed by atoms with Gasteiger partial charge in [0, 0.05) is 36.9 Å². The highest BCUT2D eigenvalue weighted by Crippen LogP contribution is 2.64. The molecular formula is C52H31N3S. The average Bonchev–Trinajstić information content (AvgIpc) is 3.90. The third-order valence-electron chi connectivity index (χ3n) is 11.8. The highest BCUT2D eigenvalue weighted by molar-refractivity contribution is 7.25. The quantitative estimate of drug-likeness (QED) is 0.181. The summed E-state index contributed by atoms with van der Waals surface area (Å²) in [6, 6.07) is 68.0. The SMILES string of the molecule is c1ccc(-c2nc(-c3ccccc3)nc(-c3ccc4sc5ccc(-c6cccc7c6-c6ccccc6C76c7ccccc7-c7ccccc76)cc5c4c3)n2)cc1. The van der Waals surface area contributed by atoms with Crippen LogP contribution in [0.4, 0.5) is 0 Å². The van der Waals surface area contributed by atoms with Gasteiger partial charge in [0.15, 0.2) is 17.5 Å². The van der Waals surface area contributed by atoms with Gasteiger partial charge in [-0.15, -0.1) is 11.3 Å². The topological polar surface area (TPSA) is 38.7 Å². The number of nitrogens with zero attached hydrogens (tertiary/aromatic N) is 3. The van der Waals surface area contributed by atoms with Gasteiger partial charge in [0.05, 0.1) is 5.41 Å². The molecule has 10 aromatic rings. The predicted octanol–water partition coefficient (Wildman–Crippen LogP) is 13.3. The van der Waals surface area contributed by atoms with Crippen LogP contribution in [-0.4, -0.2) is 15.0 Å². The maximum Gasteiger partial charge on any atom is 0.164 e. The largest absolute Gasteiger partial charge is 0.208 e. The second-order valence-electron chi connectivity index (χ2n) is 14.7. The maximum atomic E-state index is 5.04. The third kappa shape index (κ3) is 4.42. The molecular weight excluding hydrogens is 699 g/mol. The van der Waals surface area contributed by atoms with Gasteiger partial charge in [0.2, 0.25) is 0 Å². The Labute approximate surface area is 328 Å². The molecule has 1 spiro atoms. The fraction of sp³-hybridized carbons (Fsp3) is 0.0192. The van der Waals surface area contributed by atoms with Crippen LogP contribution >= 0.6 is 11.3 Å². The molecule has 0 unspecified atom stereocenters. The highest BCUT2D eigenvalue weighted by Gasteiger charge is 2.51. The zero-order valence-electron chi connectivity index (χ0n) is 30.1. The van der Waals surface area contributed by atoms with Gasteiger partial charge in [-0.05, 0) is 86.0 Å². The fourth-order valence-corrected chi connectivity index (χ4v) is 10.5. The van der Waals surface area contributed by atoms with Crippen LogP contribution in [0.2, 0.25) is 0 Å². The Balaban J connectivity index is 1.05. The summed E-state index contributed by atoms with van der Waals surface area (Å²) >= 11 is 1.83. The molecule has 4 heteroatoms. The Morgan fingerprint density at radius 1 is 0.321 bits per heavy atom. The van der Waals surface area contributed by atoms with E-state index < -0.39 is 0 Å². The van der Waals surface area contributed by atoms with Crippen LogP contribution in [-0.2, 0) is 5.41 Å². The molecule has 2 aliphatic carbocycles. The van der Waals surface area contributed by atoms with E-state index in [1.54, 1.807) is 0 Å². The molecule has 0 radical (unpaired) electrons. The van der Waals surface area contributed by atoms with E-state index in [1.807, 2.05) is 47.7 Å². The smallest absolute Gasteiger partial charge is 0.164 e. The van der Waals surface area contributed by atoms with Crippen molar-refractivity contribution in [1.82, 2.24) is 15.0 Å². The lowest BCUT2D eigenvalue weighted by Gasteiger charge is -2.30. The summed E-state index contributed by atoms with van der Waals surface area (Å²) < 4.78 is 2.50. The van der Waals surface area contributed by atoms with Crippen LogP contribution < -0.4 is 0 Å². The molecule has 0 saturated carbocycles. The van der Waals surface area contributed by atoms with Crippen LogP contribution in [0, 0.1) is 0 Å². The van der Waals surface area contributed by atoms with Crippen molar-refractivity contribution in [3.8, 4) is 67.5 Å². The van der Waals surface area contributed by atoms with Gasteiger partial charge < -0.3 is 0 Å². The number of benzene rings is 8. The Morgan fingerprint density at radius 2 is 0.750 bits per heavy atom. The first kappa shape index (κ1) is 31.4. The molecule has 0 aliphatic heterocycles. The molecule has 0 saturated heterocycles. The second-order valence-corrected chi connectivity index (χ2v) is 15.8. The third-order valence-corrected chi connectivity index (χ3v) is 12.9. The standard InChI is InChI=1S/C52H31N3S/c1-3-14-32(15-4-1)49-53-50(33-16-5-2-6-17-33)55-51(54-49)35-27-29-47-41(31-35)40-30-34(26-28-46(40)56-47)36-21-13-25-45-48(36)39-20-9-12-24-44(39)52(45)42-22-10-7-18-37(42)38-19-8-11-23-43(38)52/h1-31H. The molecule has 0 amide bonds. The first-order chi connectivity index (χ1) is 27.8. The molecule has 3 nitrogen and oxygen atoms in total. The number of fused-ring (bicyclic) bond motifs is 13. The monoisotopic (exact) mass is 729 g/mol. The van der Waals surface area contributed by atoms with Crippen molar-refractivity contribution in [2.75, 3.05) is 0 Å². The van der Waals surface area contributed by atoms with E-state index in [1.165, 1.54) is 75.8 Å². The van der Waals surface area contributed by atoms with Gasteiger partial charge >= 0.3 is 0 Å². The molecule has 0 fully saturated rings. The molecule has 2 aliphatic rings. The number of rotatable bonds is 4. The van der Waals surface area contributed by atoms with E-state index in [0.717, 1.165) is 16.7 Å². The minimum Gasteiger partial charge on any atom is -0.208 e. The second kappa shape index (κ2) is 12.0. The van der Waals surface area contributed by atoms with Crippen molar-refractivity contribution in [1.29, 1.82) is 0 Å². The van der Waals surface area contributed by atoms with Gasteiger partial charge in [0.1, 0.15) is 0 Å². The Morgan fingerprint density at radius 3 is 1.34 bits per heavy atom. The lowest BCUT2D eigenvalue weighted by Crippen LogP contribution is -2.25. The van der Waals surface area contributed by atoms with Gasteiger partial charge in [-0.2, -0.15) is 0 Å². The van der Waals surface area contributed by atoms with Crippen molar-refractivity contribution < 1.29 is 0 Å². The van der Waals surface area contributed by atoms with Crippen LogP contribution in [0.3, 0.4) is 0 Å². The summed E-state index contributed by atoms with van der Waals surface area (Å²) in [6.45, 7) is 0. The molecule has 0 bridgehead atoms. The normalized spacial score (nSPS) is 13.1. The predicted molar refractivity (Wildman–Crippen MR) is 231 cm³/mol. The van der Waals surface area contributed by atoms with Gasteiger partial charge in [-0.1, -0.05) is 158 Å². The van der Waals surface area contributed by atoms with E-state index in [2.05, 4.69) is 152 Å². The van der Waals surface area contributed by atoms with Crippen molar-refractivity contribution in [2.24, 2.45) is 0 Å². The minimum atomic E-state index is -0.370. The summed E-state index contributed by atoms with van der Waals surface area (Å²) in [5, 5.41) is 2.44.